The Morgan fingerprint density at radius 1 is 1.23 bits per heavy atom. The molecular formula is C10H20ClNS. The first kappa shape index (κ1) is 11.7. The lowest BCUT2D eigenvalue weighted by atomic mass is 9.77. The highest BCUT2D eigenvalue weighted by Crippen LogP contribution is 2.49. The Bertz CT molecular complexity index is 157. The van der Waals surface area contributed by atoms with Crippen LogP contribution in [-0.4, -0.2) is 24.6 Å². The summed E-state index contributed by atoms with van der Waals surface area (Å²) in [4.78, 5) is 0. The van der Waals surface area contributed by atoms with Gasteiger partial charge >= 0.3 is 0 Å². The van der Waals surface area contributed by atoms with Gasteiger partial charge in [0.2, 0.25) is 0 Å². The number of thioether (sulfide) groups is 1. The van der Waals surface area contributed by atoms with E-state index in [9.17, 15) is 0 Å². The molecule has 1 aliphatic heterocycles. The quantitative estimate of drug-likeness (QED) is 0.731. The molecule has 0 bridgehead atoms. The van der Waals surface area contributed by atoms with Crippen LogP contribution >= 0.6 is 24.2 Å². The maximum atomic E-state index is 3.47. The summed E-state index contributed by atoms with van der Waals surface area (Å²) in [6.07, 6.45) is 9.60. The summed E-state index contributed by atoms with van der Waals surface area (Å²) in [5, 5.41) is 4.44. The first-order valence-electron chi connectivity index (χ1n) is 5.11. The smallest absolute Gasteiger partial charge is 0.0102 e. The van der Waals surface area contributed by atoms with E-state index in [2.05, 4.69) is 23.3 Å². The van der Waals surface area contributed by atoms with Crippen molar-refractivity contribution in [2.45, 2.75) is 37.4 Å². The molecule has 13 heavy (non-hydrogen) atoms. The van der Waals surface area contributed by atoms with Crippen molar-refractivity contribution in [2.24, 2.45) is 5.41 Å². The van der Waals surface area contributed by atoms with E-state index >= 15 is 0 Å². The lowest BCUT2D eigenvalue weighted by molar-refractivity contribution is 0.217. The van der Waals surface area contributed by atoms with Crippen molar-refractivity contribution < 1.29 is 0 Å². The molecule has 0 aromatic rings. The molecule has 0 amide bonds. The molecule has 1 spiro atoms. The van der Waals surface area contributed by atoms with Crippen molar-refractivity contribution >= 4 is 24.2 Å². The molecule has 1 atom stereocenters. The van der Waals surface area contributed by atoms with Crippen LogP contribution in [-0.2, 0) is 0 Å². The van der Waals surface area contributed by atoms with E-state index < -0.39 is 0 Å². The van der Waals surface area contributed by atoms with Gasteiger partial charge in [0.1, 0.15) is 0 Å². The molecule has 1 unspecified atom stereocenters. The van der Waals surface area contributed by atoms with E-state index in [-0.39, 0.29) is 12.4 Å². The molecule has 0 aromatic carbocycles. The van der Waals surface area contributed by atoms with Crippen LogP contribution in [0.2, 0.25) is 0 Å². The highest BCUT2D eigenvalue weighted by molar-refractivity contribution is 7.99. The normalized spacial score (nSPS) is 31.6. The van der Waals surface area contributed by atoms with Gasteiger partial charge in [-0.15, -0.1) is 12.4 Å². The molecule has 78 valence electrons. The van der Waals surface area contributed by atoms with Gasteiger partial charge < -0.3 is 5.32 Å². The van der Waals surface area contributed by atoms with Gasteiger partial charge in [0.15, 0.2) is 0 Å². The van der Waals surface area contributed by atoms with Crippen molar-refractivity contribution in [1.29, 1.82) is 0 Å². The van der Waals surface area contributed by atoms with Gasteiger partial charge in [-0.2, -0.15) is 11.8 Å². The van der Waals surface area contributed by atoms with E-state index in [1.54, 1.807) is 0 Å². The molecule has 1 nitrogen and oxygen atoms in total. The summed E-state index contributed by atoms with van der Waals surface area (Å²) < 4.78 is 0. The number of nitrogens with one attached hydrogen (secondary N) is 1. The molecule has 2 fully saturated rings. The zero-order chi connectivity index (χ0) is 8.44. The third kappa shape index (κ3) is 2.16. The SMILES string of the molecule is CSC1CCCC12CCNCC2.Cl. The fourth-order valence-corrected chi connectivity index (χ4v) is 4.23. The number of halogens is 1. The van der Waals surface area contributed by atoms with Gasteiger partial charge in [0, 0.05) is 5.25 Å². The average Bonchev–Trinajstić information content (AvgIpc) is 2.49. The molecule has 0 aromatic heterocycles. The third-order valence-corrected chi connectivity index (χ3v) is 5.01. The maximum absolute atomic E-state index is 3.47. The molecule has 3 heteroatoms. The Morgan fingerprint density at radius 2 is 1.92 bits per heavy atom. The van der Waals surface area contributed by atoms with Crippen LogP contribution < -0.4 is 5.32 Å². The molecule has 2 aliphatic rings. The fraction of sp³-hybridized carbons (Fsp3) is 1.00. The lowest BCUT2D eigenvalue weighted by Crippen LogP contribution is -2.40. The summed E-state index contributed by atoms with van der Waals surface area (Å²) in [6.45, 7) is 2.52. The van der Waals surface area contributed by atoms with E-state index in [1.165, 1.54) is 45.2 Å². The van der Waals surface area contributed by atoms with E-state index in [0.29, 0.717) is 0 Å². The maximum Gasteiger partial charge on any atom is 0.0102 e. The molecule has 1 saturated heterocycles. The van der Waals surface area contributed by atoms with Crippen molar-refractivity contribution in [3.63, 3.8) is 0 Å². The van der Waals surface area contributed by atoms with Gasteiger partial charge in [-0.3, -0.25) is 0 Å². The highest BCUT2D eigenvalue weighted by atomic mass is 35.5. The van der Waals surface area contributed by atoms with Gasteiger partial charge in [-0.1, -0.05) is 6.42 Å². The molecule has 0 radical (unpaired) electrons. The van der Waals surface area contributed by atoms with Crippen LogP contribution in [0.25, 0.3) is 0 Å². The minimum atomic E-state index is 0. The predicted octanol–water partition coefficient (Wildman–Crippen LogP) is 2.69. The number of hydrogen-bond donors (Lipinski definition) is 1. The zero-order valence-electron chi connectivity index (χ0n) is 8.34. The van der Waals surface area contributed by atoms with Crippen LogP contribution in [0.4, 0.5) is 0 Å². The zero-order valence-corrected chi connectivity index (χ0v) is 9.98. The van der Waals surface area contributed by atoms with Gasteiger partial charge in [-0.05, 0) is 50.4 Å². The van der Waals surface area contributed by atoms with Crippen molar-refractivity contribution in [3.05, 3.63) is 0 Å². The van der Waals surface area contributed by atoms with Crippen molar-refractivity contribution in [3.8, 4) is 0 Å². The minimum Gasteiger partial charge on any atom is -0.317 e. The molecule has 1 heterocycles. The van der Waals surface area contributed by atoms with E-state index in [4.69, 9.17) is 0 Å². The Balaban J connectivity index is 0.000000845. The Morgan fingerprint density at radius 3 is 2.54 bits per heavy atom. The third-order valence-electron chi connectivity index (χ3n) is 3.71. The van der Waals surface area contributed by atoms with Crippen LogP contribution in [0.5, 0.6) is 0 Å². The first-order valence-corrected chi connectivity index (χ1v) is 6.40. The van der Waals surface area contributed by atoms with E-state index in [0.717, 1.165) is 10.7 Å². The Kier molecular flexibility index (Phi) is 4.40. The monoisotopic (exact) mass is 221 g/mol. The molecular weight excluding hydrogens is 202 g/mol. The summed E-state index contributed by atoms with van der Waals surface area (Å²) in [7, 11) is 0. The number of piperidine rings is 1. The standard InChI is InChI=1S/C10H19NS.ClH/c1-12-9-3-2-4-10(9)5-7-11-8-6-10;/h9,11H,2-8H2,1H3;1H. The van der Waals surface area contributed by atoms with Crippen molar-refractivity contribution in [1.82, 2.24) is 5.32 Å². The minimum absolute atomic E-state index is 0. The van der Waals surface area contributed by atoms with E-state index in [1.807, 2.05) is 0 Å². The summed E-state index contributed by atoms with van der Waals surface area (Å²) in [6, 6.07) is 0. The van der Waals surface area contributed by atoms with Crippen molar-refractivity contribution in [2.75, 3.05) is 19.3 Å². The van der Waals surface area contributed by atoms with Gasteiger partial charge in [0.05, 0.1) is 0 Å². The summed E-state index contributed by atoms with van der Waals surface area (Å²) in [5.74, 6) is 0. The fourth-order valence-electron chi connectivity index (χ4n) is 2.97. The first-order chi connectivity index (χ1) is 5.87. The second kappa shape index (κ2) is 4.90. The second-order valence-electron chi connectivity index (χ2n) is 4.23. The summed E-state index contributed by atoms with van der Waals surface area (Å²) >= 11 is 2.11. The highest BCUT2D eigenvalue weighted by Gasteiger charge is 2.42. The largest absolute Gasteiger partial charge is 0.317 e. The molecule has 2 rings (SSSR count). The van der Waals surface area contributed by atoms with Crippen LogP contribution in [0.1, 0.15) is 32.1 Å². The van der Waals surface area contributed by atoms with Crippen LogP contribution in [0.3, 0.4) is 0 Å². The van der Waals surface area contributed by atoms with Gasteiger partial charge in [-0.25, -0.2) is 0 Å². The Labute approximate surface area is 91.8 Å². The second-order valence-corrected chi connectivity index (χ2v) is 5.27. The molecule has 1 N–H and O–H groups in total. The van der Waals surface area contributed by atoms with Crippen LogP contribution in [0, 0.1) is 5.41 Å². The van der Waals surface area contributed by atoms with Gasteiger partial charge in [0.25, 0.3) is 0 Å². The average molecular weight is 222 g/mol. The topological polar surface area (TPSA) is 12.0 Å². The lowest BCUT2D eigenvalue weighted by Gasteiger charge is -2.38. The molecule has 1 aliphatic carbocycles. The van der Waals surface area contributed by atoms with Crippen LogP contribution in [0.15, 0.2) is 0 Å². The summed E-state index contributed by atoms with van der Waals surface area (Å²) in [5.41, 5.74) is 0.741. The number of rotatable bonds is 1. The predicted molar refractivity (Wildman–Crippen MR) is 62.9 cm³/mol. The number of hydrogen-bond acceptors (Lipinski definition) is 2. The molecule has 1 saturated carbocycles. The Hall–Kier alpha value is 0.600.